The van der Waals surface area contributed by atoms with E-state index in [1.165, 1.54) is 48.2 Å². The molecule has 0 saturated carbocycles. The predicted octanol–water partition coefficient (Wildman–Crippen LogP) is 5.07. The number of carboxylic acid groups (broad SMARTS) is 1. The number of ether oxygens (including phenoxy) is 2. The Morgan fingerprint density at radius 1 is 1.11 bits per heavy atom. The smallest absolute Gasteiger partial charge is 0.335 e. The fraction of sp³-hybridized carbons (Fsp3) is 0.286. The molecule has 1 unspecified atom stereocenters. The summed E-state index contributed by atoms with van der Waals surface area (Å²) < 4.78 is 12.6. The van der Waals surface area contributed by atoms with Crippen LogP contribution in [-0.2, 0) is 9.53 Å². The van der Waals surface area contributed by atoms with Gasteiger partial charge in [0.25, 0.3) is 5.56 Å². The molecule has 10 heteroatoms. The topological polar surface area (TPSA) is 124 Å². The predicted molar refractivity (Wildman–Crippen MR) is 144 cm³/mol. The van der Waals surface area contributed by atoms with Crippen molar-refractivity contribution in [3.63, 3.8) is 0 Å². The summed E-state index contributed by atoms with van der Waals surface area (Å²) in [5.74, 6) is -1.33. The second kappa shape index (κ2) is 12.1. The van der Waals surface area contributed by atoms with Gasteiger partial charge in [-0.1, -0.05) is 11.6 Å². The molecule has 0 bridgehead atoms. The molecule has 1 heterocycles. The number of carbonyl (C=O) groups is 3. The number of hydrogen-bond acceptors (Lipinski definition) is 6. The summed E-state index contributed by atoms with van der Waals surface area (Å²) in [7, 11) is 1.42. The van der Waals surface area contributed by atoms with E-state index in [4.69, 9.17) is 26.2 Å². The van der Waals surface area contributed by atoms with Crippen molar-refractivity contribution in [3.8, 4) is 16.9 Å². The molecule has 200 valence electrons. The summed E-state index contributed by atoms with van der Waals surface area (Å²) in [5, 5.41) is 12.2. The summed E-state index contributed by atoms with van der Waals surface area (Å²) in [4.78, 5) is 49.5. The second-order valence-corrected chi connectivity index (χ2v) is 9.92. The summed E-state index contributed by atoms with van der Waals surface area (Å²) in [6, 6.07) is 10.7. The van der Waals surface area contributed by atoms with E-state index >= 15 is 0 Å². The van der Waals surface area contributed by atoms with Crippen molar-refractivity contribution in [3.05, 3.63) is 81.2 Å². The Bertz CT molecular complexity index is 1390. The summed E-state index contributed by atoms with van der Waals surface area (Å²) in [6.07, 6.45) is 2.24. The largest absolute Gasteiger partial charge is 0.495 e. The Morgan fingerprint density at radius 3 is 2.37 bits per heavy atom. The quantitative estimate of drug-likeness (QED) is 0.344. The molecule has 0 fully saturated rings. The van der Waals surface area contributed by atoms with E-state index in [1.54, 1.807) is 18.2 Å². The third-order valence-corrected chi connectivity index (χ3v) is 5.90. The van der Waals surface area contributed by atoms with Crippen molar-refractivity contribution < 1.29 is 29.0 Å². The first-order valence-electron chi connectivity index (χ1n) is 11.8. The minimum absolute atomic E-state index is 0.0744. The van der Waals surface area contributed by atoms with Crippen molar-refractivity contribution in [2.75, 3.05) is 19.0 Å². The summed E-state index contributed by atoms with van der Waals surface area (Å²) in [5.41, 5.74) is 0.574. The molecule has 0 spiro atoms. The van der Waals surface area contributed by atoms with Crippen LogP contribution in [0.4, 0.5) is 5.69 Å². The van der Waals surface area contributed by atoms with Crippen molar-refractivity contribution in [2.45, 2.75) is 38.8 Å². The van der Waals surface area contributed by atoms with E-state index in [9.17, 15) is 19.2 Å². The Kier molecular flexibility index (Phi) is 9.08. The number of hydrogen-bond donors (Lipinski definition) is 2. The minimum atomic E-state index is -1.09. The van der Waals surface area contributed by atoms with Crippen LogP contribution in [0, 0.1) is 0 Å². The third-order valence-electron chi connectivity index (χ3n) is 5.66. The van der Waals surface area contributed by atoms with E-state index in [1.807, 2.05) is 20.8 Å². The van der Waals surface area contributed by atoms with Crippen molar-refractivity contribution in [1.29, 1.82) is 0 Å². The highest BCUT2D eigenvalue weighted by molar-refractivity contribution is 6.31. The van der Waals surface area contributed by atoms with E-state index in [2.05, 4.69) is 5.32 Å². The molecule has 1 aromatic heterocycles. The molecule has 1 atom stereocenters. The molecule has 0 aliphatic rings. The normalized spacial score (nSPS) is 12.0. The molecule has 0 aliphatic carbocycles. The highest BCUT2D eigenvalue weighted by Gasteiger charge is 2.25. The van der Waals surface area contributed by atoms with Crippen LogP contribution in [0.25, 0.3) is 11.1 Å². The van der Waals surface area contributed by atoms with Gasteiger partial charge in [0.1, 0.15) is 11.8 Å². The molecule has 1 amide bonds. The van der Waals surface area contributed by atoms with Crippen LogP contribution in [0.15, 0.2) is 59.5 Å². The van der Waals surface area contributed by atoms with Gasteiger partial charge < -0.3 is 19.9 Å². The van der Waals surface area contributed by atoms with E-state index in [-0.39, 0.29) is 24.3 Å². The molecule has 2 N–H and O–H groups in total. The maximum Gasteiger partial charge on any atom is 0.335 e. The summed E-state index contributed by atoms with van der Waals surface area (Å²) in [6.45, 7) is 5.82. The van der Waals surface area contributed by atoms with Crippen molar-refractivity contribution in [1.82, 2.24) is 4.57 Å². The third kappa shape index (κ3) is 7.08. The maximum absolute atomic E-state index is 13.4. The highest BCUT2D eigenvalue weighted by atomic mass is 35.5. The van der Waals surface area contributed by atoms with Crippen LogP contribution in [0.1, 0.15) is 53.9 Å². The number of aldehydes is 1. The molecule has 9 nitrogen and oxygen atoms in total. The van der Waals surface area contributed by atoms with Crippen LogP contribution in [0.5, 0.6) is 5.75 Å². The Balaban J connectivity index is 2.03. The zero-order valence-electron chi connectivity index (χ0n) is 21.5. The van der Waals surface area contributed by atoms with Gasteiger partial charge in [0, 0.05) is 40.9 Å². The average molecular weight is 541 g/mol. The lowest BCUT2D eigenvalue weighted by atomic mass is 10.00. The van der Waals surface area contributed by atoms with E-state index in [0.717, 1.165) is 0 Å². The number of nitrogens with zero attached hydrogens (tertiary/aromatic N) is 1. The van der Waals surface area contributed by atoms with Gasteiger partial charge in [-0.25, -0.2) is 4.79 Å². The van der Waals surface area contributed by atoms with Gasteiger partial charge >= 0.3 is 5.97 Å². The number of nitrogens with one attached hydrogen (secondary N) is 1. The number of carboxylic acids is 1. The number of anilines is 1. The lowest BCUT2D eigenvalue weighted by Gasteiger charge is -2.24. The van der Waals surface area contributed by atoms with Crippen molar-refractivity contribution >= 4 is 35.5 Å². The molecule has 3 rings (SSSR count). The number of aromatic carboxylic acids is 1. The van der Waals surface area contributed by atoms with E-state index < -0.39 is 29.1 Å². The van der Waals surface area contributed by atoms with Gasteiger partial charge in [0.15, 0.2) is 6.29 Å². The molecule has 38 heavy (non-hydrogen) atoms. The molecular formula is C28H29ClN2O7. The van der Waals surface area contributed by atoms with Crippen LogP contribution in [0.2, 0.25) is 5.02 Å². The molecule has 0 saturated heterocycles. The van der Waals surface area contributed by atoms with Gasteiger partial charge in [0.2, 0.25) is 5.91 Å². The number of amides is 1. The Labute approximate surface area is 225 Å². The zero-order chi connectivity index (χ0) is 28.0. The summed E-state index contributed by atoms with van der Waals surface area (Å²) >= 11 is 6.14. The fourth-order valence-corrected chi connectivity index (χ4v) is 3.98. The van der Waals surface area contributed by atoms with Crippen LogP contribution in [0.3, 0.4) is 0 Å². The van der Waals surface area contributed by atoms with Gasteiger partial charge in [-0.2, -0.15) is 0 Å². The highest BCUT2D eigenvalue weighted by Crippen LogP contribution is 2.33. The first-order valence-corrected chi connectivity index (χ1v) is 12.1. The molecule has 0 radical (unpaired) electrons. The number of rotatable bonds is 10. The lowest BCUT2D eigenvalue weighted by Crippen LogP contribution is -2.34. The Hall–Kier alpha value is -3.95. The standard InChI is InChI=1S/C28H29ClN2O7/c1-28(2,3)38-12-11-23(26(34)30-20-9-6-17(7-10-20)27(35)36)31-15-24(37-4)22(14-25(31)33)21-13-19(29)8-5-18(21)16-32/h5-10,13-16,23H,11-12H2,1-4H3,(H,30,34)(H,35,36). The SMILES string of the molecule is COc1cn(C(CCOC(C)(C)C)C(=O)Nc2ccc(C(=O)O)cc2)c(=O)cc1-c1cc(Cl)ccc1C=O. The minimum Gasteiger partial charge on any atom is -0.495 e. The molecule has 3 aromatic rings. The van der Waals surface area contributed by atoms with Gasteiger partial charge in [0.05, 0.1) is 24.5 Å². The van der Waals surface area contributed by atoms with Gasteiger partial charge in [-0.15, -0.1) is 0 Å². The molecule has 2 aromatic carbocycles. The first kappa shape index (κ1) is 28.6. The number of halogens is 1. The Morgan fingerprint density at radius 2 is 1.79 bits per heavy atom. The number of benzene rings is 2. The number of aromatic nitrogens is 1. The van der Waals surface area contributed by atoms with Gasteiger partial charge in [-0.3, -0.25) is 19.0 Å². The lowest BCUT2D eigenvalue weighted by molar-refractivity contribution is -0.120. The maximum atomic E-state index is 13.4. The first-order chi connectivity index (χ1) is 17.9. The number of carbonyl (C=O) groups excluding carboxylic acids is 2. The van der Waals surface area contributed by atoms with Gasteiger partial charge in [-0.05, 0) is 68.8 Å². The number of methoxy groups -OCH3 is 1. The zero-order valence-corrected chi connectivity index (χ0v) is 22.2. The van der Waals surface area contributed by atoms with Crippen LogP contribution < -0.4 is 15.6 Å². The fourth-order valence-electron chi connectivity index (χ4n) is 3.80. The second-order valence-electron chi connectivity index (χ2n) is 9.49. The molecular weight excluding hydrogens is 512 g/mol. The molecule has 0 aliphatic heterocycles. The van der Waals surface area contributed by atoms with E-state index in [0.29, 0.717) is 33.7 Å². The van der Waals surface area contributed by atoms with Crippen molar-refractivity contribution in [2.24, 2.45) is 0 Å². The van der Waals surface area contributed by atoms with Crippen LogP contribution >= 0.6 is 11.6 Å². The van der Waals surface area contributed by atoms with Crippen LogP contribution in [-0.4, -0.2) is 47.2 Å². The average Bonchev–Trinajstić information content (AvgIpc) is 2.86. The monoisotopic (exact) mass is 540 g/mol. The number of pyridine rings is 1.